The number of sulfonamides is 1. The summed E-state index contributed by atoms with van der Waals surface area (Å²) >= 11 is 5.85. The molecule has 0 aromatic rings. The van der Waals surface area contributed by atoms with Crippen LogP contribution in [-0.4, -0.2) is 36.9 Å². The van der Waals surface area contributed by atoms with Gasteiger partial charge in [-0.1, -0.05) is 27.2 Å². The number of nitrogens with zero attached hydrogens (tertiary/aromatic N) is 1. The average Bonchev–Trinajstić information content (AvgIpc) is 2.14. The second-order valence-electron chi connectivity index (χ2n) is 5.73. The molecule has 1 fully saturated rings. The molecule has 0 spiro atoms. The van der Waals surface area contributed by atoms with Crippen LogP contribution >= 0.6 is 11.6 Å². The Balaban J connectivity index is 2.80. The molecule has 1 saturated heterocycles. The van der Waals surface area contributed by atoms with Gasteiger partial charge < -0.3 is 0 Å². The molecule has 96 valence electrons. The Bertz CT molecular complexity index is 321. The Labute approximate surface area is 104 Å². The minimum atomic E-state index is -3.15. The molecule has 1 aliphatic heterocycles. The second kappa shape index (κ2) is 5.23. The first-order valence-corrected chi connectivity index (χ1v) is 7.96. The van der Waals surface area contributed by atoms with Crippen molar-refractivity contribution in [2.45, 2.75) is 46.1 Å². The minimum Gasteiger partial charge on any atom is -0.212 e. The Morgan fingerprint density at radius 1 is 1.31 bits per heavy atom. The predicted octanol–water partition coefficient (Wildman–Crippen LogP) is 2.46. The number of hydrogen-bond acceptors (Lipinski definition) is 2. The highest BCUT2D eigenvalue weighted by atomic mass is 35.5. The maximum absolute atomic E-state index is 12.2. The van der Waals surface area contributed by atoms with Crippen LogP contribution in [0.25, 0.3) is 0 Å². The van der Waals surface area contributed by atoms with E-state index in [1.165, 1.54) is 0 Å². The first kappa shape index (κ1) is 14.3. The van der Waals surface area contributed by atoms with Crippen molar-refractivity contribution in [3.63, 3.8) is 0 Å². The molecule has 1 heterocycles. The summed E-state index contributed by atoms with van der Waals surface area (Å²) in [6, 6.07) is 0.00256. The summed E-state index contributed by atoms with van der Waals surface area (Å²) in [7, 11) is -3.15. The summed E-state index contributed by atoms with van der Waals surface area (Å²) in [5.41, 5.74) is -0.201. The van der Waals surface area contributed by atoms with Crippen molar-refractivity contribution < 1.29 is 8.42 Å². The van der Waals surface area contributed by atoms with Crippen LogP contribution in [0.2, 0.25) is 0 Å². The summed E-state index contributed by atoms with van der Waals surface area (Å²) in [6.07, 6.45) is 2.93. The maximum atomic E-state index is 12.2. The van der Waals surface area contributed by atoms with Gasteiger partial charge in [0.2, 0.25) is 10.0 Å². The molecule has 0 amide bonds. The van der Waals surface area contributed by atoms with Crippen LogP contribution in [0.4, 0.5) is 0 Å². The molecule has 0 aliphatic carbocycles. The summed E-state index contributed by atoms with van der Waals surface area (Å²) < 4.78 is 26.1. The Morgan fingerprint density at radius 2 is 1.94 bits per heavy atom. The smallest absolute Gasteiger partial charge is 0.212 e. The second-order valence-corrected chi connectivity index (χ2v) is 7.96. The summed E-state index contributed by atoms with van der Waals surface area (Å²) in [4.78, 5) is 0. The molecule has 0 bridgehead atoms. The molecular formula is C11H22ClNO2S. The van der Waals surface area contributed by atoms with Crippen molar-refractivity contribution in [2.75, 3.05) is 18.2 Å². The third-order valence-electron chi connectivity index (χ3n) is 2.72. The van der Waals surface area contributed by atoms with Gasteiger partial charge in [0.05, 0.1) is 5.75 Å². The van der Waals surface area contributed by atoms with E-state index in [-0.39, 0.29) is 17.2 Å². The number of hydrogen-bond donors (Lipinski definition) is 0. The number of piperidine rings is 1. The van der Waals surface area contributed by atoms with Gasteiger partial charge in [-0.25, -0.2) is 8.42 Å². The minimum absolute atomic E-state index is 0.00256. The van der Waals surface area contributed by atoms with E-state index >= 15 is 0 Å². The van der Waals surface area contributed by atoms with Gasteiger partial charge in [-0.15, -0.1) is 11.6 Å². The Hall–Kier alpha value is 0.200. The molecule has 3 nitrogen and oxygen atoms in total. The molecule has 0 radical (unpaired) electrons. The summed E-state index contributed by atoms with van der Waals surface area (Å²) in [5, 5.41) is 0. The molecule has 1 aliphatic rings. The normalized spacial score (nSPS) is 24.6. The van der Waals surface area contributed by atoms with Gasteiger partial charge in [0.25, 0.3) is 0 Å². The zero-order chi connectivity index (χ0) is 12.4. The van der Waals surface area contributed by atoms with Crippen molar-refractivity contribution >= 4 is 21.6 Å². The van der Waals surface area contributed by atoms with E-state index in [4.69, 9.17) is 11.6 Å². The van der Waals surface area contributed by atoms with Crippen molar-refractivity contribution in [1.29, 1.82) is 0 Å². The topological polar surface area (TPSA) is 37.4 Å². The standard InChI is InChI=1S/C11H22ClNO2S/c1-11(2,3)9-16(14,15)13-7-5-4-6-10(13)8-12/h10H,4-9H2,1-3H3. The van der Waals surface area contributed by atoms with Crippen LogP contribution in [0.15, 0.2) is 0 Å². The lowest BCUT2D eigenvalue weighted by molar-refractivity contribution is 0.267. The quantitative estimate of drug-likeness (QED) is 0.737. The van der Waals surface area contributed by atoms with E-state index in [9.17, 15) is 8.42 Å². The van der Waals surface area contributed by atoms with E-state index < -0.39 is 10.0 Å². The van der Waals surface area contributed by atoms with Gasteiger partial charge in [-0.3, -0.25) is 0 Å². The molecule has 1 unspecified atom stereocenters. The van der Waals surface area contributed by atoms with Crippen LogP contribution in [0.5, 0.6) is 0 Å². The zero-order valence-corrected chi connectivity index (χ0v) is 11.9. The summed E-state index contributed by atoms with van der Waals surface area (Å²) in [5.74, 6) is 0.608. The first-order valence-electron chi connectivity index (χ1n) is 5.82. The molecule has 0 saturated carbocycles. The summed E-state index contributed by atoms with van der Waals surface area (Å²) in [6.45, 7) is 6.48. The molecular weight excluding hydrogens is 246 g/mol. The average molecular weight is 268 g/mol. The largest absolute Gasteiger partial charge is 0.214 e. The van der Waals surface area contributed by atoms with Crippen molar-refractivity contribution in [3.8, 4) is 0 Å². The fourth-order valence-electron chi connectivity index (χ4n) is 2.12. The van der Waals surface area contributed by atoms with E-state index in [1.807, 2.05) is 20.8 Å². The van der Waals surface area contributed by atoms with Crippen LogP contribution in [0, 0.1) is 5.41 Å². The molecule has 0 aromatic heterocycles. The number of alkyl halides is 1. The SMILES string of the molecule is CC(C)(C)CS(=O)(=O)N1CCCCC1CCl. The van der Waals surface area contributed by atoms with Gasteiger partial charge in [0, 0.05) is 18.5 Å². The molecule has 0 aromatic carbocycles. The Kier molecular flexibility index (Phi) is 4.66. The maximum Gasteiger partial charge on any atom is 0.214 e. The van der Waals surface area contributed by atoms with Crippen LogP contribution < -0.4 is 0 Å². The predicted molar refractivity (Wildman–Crippen MR) is 68.3 cm³/mol. The van der Waals surface area contributed by atoms with E-state index in [0.717, 1.165) is 19.3 Å². The molecule has 16 heavy (non-hydrogen) atoms. The highest BCUT2D eigenvalue weighted by Gasteiger charge is 2.34. The lowest BCUT2D eigenvalue weighted by Gasteiger charge is -2.35. The highest BCUT2D eigenvalue weighted by Crippen LogP contribution is 2.25. The van der Waals surface area contributed by atoms with Gasteiger partial charge in [-0.05, 0) is 18.3 Å². The van der Waals surface area contributed by atoms with Crippen LogP contribution in [0.3, 0.4) is 0 Å². The fourth-order valence-corrected chi connectivity index (χ4v) is 4.83. The number of halogens is 1. The molecule has 1 atom stereocenters. The van der Waals surface area contributed by atoms with Crippen molar-refractivity contribution in [3.05, 3.63) is 0 Å². The van der Waals surface area contributed by atoms with Crippen LogP contribution in [-0.2, 0) is 10.0 Å². The third-order valence-corrected chi connectivity index (χ3v) is 5.51. The highest BCUT2D eigenvalue weighted by molar-refractivity contribution is 7.89. The van der Waals surface area contributed by atoms with Crippen LogP contribution in [0.1, 0.15) is 40.0 Å². The first-order chi connectivity index (χ1) is 7.26. The lowest BCUT2D eigenvalue weighted by atomic mass is 10.0. The lowest BCUT2D eigenvalue weighted by Crippen LogP contribution is -2.47. The Morgan fingerprint density at radius 3 is 2.44 bits per heavy atom. The molecule has 5 heteroatoms. The fraction of sp³-hybridized carbons (Fsp3) is 1.00. The molecule has 0 N–H and O–H groups in total. The number of rotatable bonds is 3. The van der Waals surface area contributed by atoms with E-state index in [0.29, 0.717) is 12.4 Å². The van der Waals surface area contributed by atoms with Gasteiger partial charge in [0.15, 0.2) is 0 Å². The third kappa shape index (κ3) is 3.90. The van der Waals surface area contributed by atoms with Crippen molar-refractivity contribution in [2.24, 2.45) is 5.41 Å². The van der Waals surface area contributed by atoms with Gasteiger partial charge in [0.1, 0.15) is 0 Å². The van der Waals surface area contributed by atoms with Gasteiger partial charge in [-0.2, -0.15) is 4.31 Å². The van der Waals surface area contributed by atoms with Gasteiger partial charge >= 0.3 is 0 Å². The van der Waals surface area contributed by atoms with Crippen molar-refractivity contribution in [1.82, 2.24) is 4.31 Å². The van der Waals surface area contributed by atoms with E-state index in [2.05, 4.69) is 0 Å². The van der Waals surface area contributed by atoms with E-state index in [1.54, 1.807) is 4.31 Å². The zero-order valence-electron chi connectivity index (χ0n) is 10.4. The monoisotopic (exact) mass is 267 g/mol. The molecule has 1 rings (SSSR count).